The molecule has 0 fully saturated rings. The van der Waals surface area contributed by atoms with Crippen LogP contribution in [0.1, 0.15) is 46.0 Å². The van der Waals surface area contributed by atoms with Crippen molar-refractivity contribution in [2.75, 3.05) is 16.8 Å². The SMILES string of the molecule is CCC1CN(C(=O)c2cc(C(F)(F)F)cc(C(F)(F)F)c2)c2cc(C)c(C)cc2N1. The Labute approximate surface area is 169 Å². The highest BCUT2D eigenvalue weighted by atomic mass is 19.4. The number of amides is 1. The van der Waals surface area contributed by atoms with Crippen molar-refractivity contribution in [2.24, 2.45) is 0 Å². The summed E-state index contributed by atoms with van der Waals surface area (Å²) >= 11 is 0. The van der Waals surface area contributed by atoms with Crippen molar-refractivity contribution < 1.29 is 31.1 Å². The maximum absolute atomic E-state index is 13.2. The number of alkyl halides is 6. The van der Waals surface area contributed by atoms with Crippen LogP contribution in [0.15, 0.2) is 30.3 Å². The van der Waals surface area contributed by atoms with E-state index in [1.54, 1.807) is 6.07 Å². The van der Waals surface area contributed by atoms with Gasteiger partial charge in [-0.25, -0.2) is 0 Å². The van der Waals surface area contributed by atoms with Crippen molar-refractivity contribution in [3.63, 3.8) is 0 Å². The molecule has 0 saturated carbocycles. The van der Waals surface area contributed by atoms with Gasteiger partial charge in [0.2, 0.25) is 0 Å². The molecule has 1 heterocycles. The number of hydrogen-bond donors (Lipinski definition) is 1. The summed E-state index contributed by atoms with van der Waals surface area (Å²) in [7, 11) is 0. The van der Waals surface area contributed by atoms with E-state index < -0.39 is 35.0 Å². The first-order valence-corrected chi connectivity index (χ1v) is 9.30. The van der Waals surface area contributed by atoms with E-state index in [-0.39, 0.29) is 18.7 Å². The topological polar surface area (TPSA) is 32.3 Å². The molecular weight excluding hydrogens is 410 g/mol. The van der Waals surface area contributed by atoms with E-state index in [1.807, 2.05) is 26.8 Å². The van der Waals surface area contributed by atoms with Crippen molar-refractivity contribution in [3.05, 3.63) is 58.1 Å². The second-order valence-corrected chi connectivity index (χ2v) is 7.41. The summed E-state index contributed by atoms with van der Waals surface area (Å²) < 4.78 is 79.2. The van der Waals surface area contributed by atoms with Crippen LogP contribution in [0.4, 0.5) is 37.7 Å². The summed E-state index contributed by atoms with van der Waals surface area (Å²) in [5.74, 6) is -0.906. The van der Waals surface area contributed by atoms with Crippen molar-refractivity contribution in [1.82, 2.24) is 0 Å². The van der Waals surface area contributed by atoms with Crippen LogP contribution in [-0.4, -0.2) is 18.5 Å². The zero-order valence-corrected chi connectivity index (χ0v) is 16.5. The van der Waals surface area contributed by atoms with E-state index in [0.717, 1.165) is 11.1 Å². The first kappa shape index (κ1) is 22.0. The lowest BCUT2D eigenvalue weighted by atomic mass is 10.00. The number of hydrogen-bond acceptors (Lipinski definition) is 2. The fourth-order valence-electron chi connectivity index (χ4n) is 3.38. The Hall–Kier alpha value is -2.71. The van der Waals surface area contributed by atoms with Gasteiger partial charge in [-0.15, -0.1) is 0 Å². The average molecular weight is 430 g/mol. The van der Waals surface area contributed by atoms with Gasteiger partial charge in [0.15, 0.2) is 0 Å². The number of nitrogens with zero attached hydrogens (tertiary/aromatic N) is 1. The zero-order chi connectivity index (χ0) is 22.4. The standard InChI is InChI=1S/C21H20F6N2O/c1-4-16-10-29(18-6-12(3)11(2)5-17(18)28-16)19(30)13-7-14(20(22,23)24)9-15(8-13)21(25,26)27/h5-9,16,28H,4,10H2,1-3H3. The van der Waals surface area contributed by atoms with Crippen LogP contribution in [0.2, 0.25) is 0 Å². The van der Waals surface area contributed by atoms with Crippen molar-refractivity contribution >= 4 is 17.3 Å². The van der Waals surface area contributed by atoms with Gasteiger partial charge < -0.3 is 10.2 Å². The fraction of sp³-hybridized carbons (Fsp3) is 0.381. The molecule has 3 nitrogen and oxygen atoms in total. The molecule has 0 aromatic heterocycles. The van der Waals surface area contributed by atoms with E-state index in [9.17, 15) is 31.1 Å². The Morgan fingerprint density at radius 2 is 1.50 bits per heavy atom. The minimum Gasteiger partial charge on any atom is -0.379 e. The molecule has 3 rings (SSSR count). The number of aryl methyl sites for hydroxylation is 2. The Balaban J connectivity index is 2.13. The highest BCUT2D eigenvalue weighted by molar-refractivity contribution is 6.08. The predicted molar refractivity (Wildman–Crippen MR) is 102 cm³/mol. The molecule has 1 atom stereocenters. The summed E-state index contributed by atoms with van der Waals surface area (Å²) in [6.45, 7) is 5.69. The molecule has 0 bridgehead atoms. The molecule has 1 unspecified atom stereocenters. The third-order valence-corrected chi connectivity index (χ3v) is 5.24. The summed E-state index contributed by atoms with van der Waals surface area (Å²) in [6.07, 6.45) is -9.42. The fourth-order valence-corrected chi connectivity index (χ4v) is 3.38. The maximum Gasteiger partial charge on any atom is 0.416 e. The molecule has 1 amide bonds. The number of fused-ring (bicyclic) bond motifs is 1. The highest BCUT2D eigenvalue weighted by Gasteiger charge is 2.38. The molecule has 1 aliphatic heterocycles. The van der Waals surface area contributed by atoms with Crippen LogP contribution in [0.5, 0.6) is 0 Å². The highest BCUT2D eigenvalue weighted by Crippen LogP contribution is 2.38. The van der Waals surface area contributed by atoms with E-state index in [0.29, 0.717) is 29.9 Å². The second kappa shape index (κ2) is 7.52. The molecule has 1 aliphatic rings. The quantitative estimate of drug-likeness (QED) is 0.576. The lowest BCUT2D eigenvalue weighted by molar-refractivity contribution is -0.143. The van der Waals surface area contributed by atoms with Gasteiger partial charge >= 0.3 is 12.4 Å². The summed E-state index contributed by atoms with van der Waals surface area (Å²) in [5.41, 5.74) is -0.831. The van der Waals surface area contributed by atoms with Crippen LogP contribution in [0, 0.1) is 13.8 Å². The summed E-state index contributed by atoms with van der Waals surface area (Å²) in [4.78, 5) is 14.4. The summed E-state index contributed by atoms with van der Waals surface area (Å²) in [6, 6.07) is 4.31. The number of rotatable bonds is 2. The Morgan fingerprint density at radius 1 is 0.967 bits per heavy atom. The number of carbonyl (C=O) groups excluding carboxylic acids is 1. The molecular formula is C21H20F6N2O. The lowest BCUT2D eigenvalue weighted by Gasteiger charge is -2.36. The average Bonchev–Trinajstić information content (AvgIpc) is 2.66. The monoisotopic (exact) mass is 430 g/mol. The van der Waals surface area contributed by atoms with E-state index in [4.69, 9.17) is 0 Å². The van der Waals surface area contributed by atoms with Crippen LogP contribution in [0.3, 0.4) is 0 Å². The van der Waals surface area contributed by atoms with Crippen molar-refractivity contribution in [3.8, 4) is 0 Å². The van der Waals surface area contributed by atoms with Crippen molar-refractivity contribution in [2.45, 2.75) is 45.6 Å². The van der Waals surface area contributed by atoms with Gasteiger partial charge in [0, 0.05) is 18.2 Å². The summed E-state index contributed by atoms with van der Waals surface area (Å²) in [5, 5.41) is 3.27. The first-order chi connectivity index (χ1) is 13.8. The number of carbonyl (C=O) groups is 1. The smallest absolute Gasteiger partial charge is 0.379 e. The normalized spacial score (nSPS) is 16.8. The van der Waals surface area contributed by atoms with Gasteiger partial charge in [0.25, 0.3) is 5.91 Å². The van der Waals surface area contributed by atoms with Gasteiger partial charge in [-0.1, -0.05) is 6.92 Å². The first-order valence-electron chi connectivity index (χ1n) is 9.30. The molecule has 0 aliphatic carbocycles. The number of anilines is 2. The molecule has 2 aromatic rings. The third-order valence-electron chi connectivity index (χ3n) is 5.24. The molecule has 2 aromatic carbocycles. The largest absolute Gasteiger partial charge is 0.416 e. The lowest BCUT2D eigenvalue weighted by Crippen LogP contribution is -2.44. The molecule has 9 heteroatoms. The maximum atomic E-state index is 13.2. The molecule has 30 heavy (non-hydrogen) atoms. The Bertz CT molecular complexity index is 948. The third kappa shape index (κ3) is 4.24. The minimum absolute atomic E-state index is 0.0187. The molecule has 1 N–H and O–H groups in total. The molecule has 0 spiro atoms. The van der Waals surface area contributed by atoms with Gasteiger partial charge in [0.05, 0.1) is 22.5 Å². The van der Waals surface area contributed by atoms with Gasteiger partial charge in [-0.2, -0.15) is 26.3 Å². The minimum atomic E-state index is -5.02. The van der Waals surface area contributed by atoms with E-state index >= 15 is 0 Å². The Morgan fingerprint density at radius 3 is 2.00 bits per heavy atom. The van der Waals surface area contributed by atoms with E-state index in [2.05, 4.69) is 5.32 Å². The van der Waals surface area contributed by atoms with Gasteiger partial charge in [-0.05, 0) is 61.7 Å². The molecule has 0 radical (unpaired) electrons. The van der Waals surface area contributed by atoms with Crippen molar-refractivity contribution in [1.29, 1.82) is 0 Å². The Kier molecular flexibility index (Phi) is 5.51. The van der Waals surface area contributed by atoms with Crippen LogP contribution in [-0.2, 0) is 12.4 Å². The van der Waals surface area contributed by atoms with E-state index in [1.165, 1.54) is 4.90 Å². The number of halogens is 6. The molecule has 0 saturated heterocycles. The number of benzene rings is 2. The van der Waals surface area contributed by atoms with Gasteiger partial charge in [-0.3, -0.25) is 4.79 Å². The second-order valence-electron chi connectivity index (χ2n) is 7.41. The molecule has 162 valence electrons. The van der Waals surface area contributed by atoms with Crippen LogP contribution >= 0.6 is 0 Å². The van der Waals surface area contributed by atoms with Crippen LogP contribution < -0.4 is 10.2 Å². The predicted octanol–water partition coefficient (Wildman–Crippen LogP) is 6.19. The van der Waals surface area contributed by atoms with Crippen LogP contribution in [0.25, 0.3) is 0 Å². The van der Waals surface area contributed by atoms with Gasteiger partial charge in [0.1, 0.15) is 0 Å². The zero-order valence-electron chi connectivity index (χ0n) is 16.5. The number of nitrogens with one attached hydrogen (secondary N) is 1.